The van der Waals surface area contributed by atoms with Crippen molar-refractivity contribution in [3.05, 3.63) is 70.8 Å². The van der Waals surface area contributed by atoms with E-state index in [1.165, 1.54) is 36.0 Å². The molecule has 0 fully saturated rings. The lowest BCUT2D eigenvalue weighted by Gasteiger charge is -2.21. The zero-order valence-corrected chi connectivity index (χ0v) is 20.8. The van der Waals surface area contributed by atoms with Crippen molar-refractivity contribution in [2.24, 2.45) is 5.92 Å². The first-order valence-electron chi connectivity index (χ1n) is 10.9. The molecule has 0 spiro atoms. The lowest BCUT2D eigenvalue weighted by molar-refractivity contribution is -0.113. The van der Waals surface area contributed by atoms with E-state index in [4.69, 9.17) is 11.6 Å². The topological polar surface area (TPSA) is 88.9 Å². The minimum atomic E-state index is -0.376. The number of carbonyl (C=O) groups is 2. The normalized spacial score (nSPS) is 11.9. The smallest absolute Gasteiger partial charge is 0.253 e. The molecule has 3 rings (SSSR count). The molecule has 1 atom stereocenters. The summed E-state index contributed by atoms with van der Waals surface area (Å²) in [6, 6.07) is 12.1. The van der Waals surface area contributed by atoms with Crippen LogP contribution in [0.3, 0.4) is 0 Å². The average Bonchev–Trinajstić information content (AvgIpc) is 3.21. The zero-order chi connectivity index (χ0) is 24.7. The number of hydrogen-bond acceptors (Lipinski definition) is 5. The summed E-state index contributed by atoms with van der Waals surface area (Å²) >= 11 is 7.45. The molecule has 0 aliphatic carbocycles. The summed E-state index contributed by atoms with van der Waals surface area (Å²) in [6.07, 6.45) is 0.657. The summed E-state index contributed by atoms with van der Waals surface area (Å²) < 4.78 is 14.9. The molecule has 2 amide bonds. The van der Waals surface area contributed by atoms with Crippen molar-refractivity contribution in [2.75, 3.05) is 11.1 Å². The summed E-state index contributed by atoms with van der Waals surface area (Å²) in [7, 11) is 0. The number of halogens is 2. The highest BCUT2D eigenvalue weighted by Crippen LogP contribution is 2.26. The maximum Gasteiger partial charge on any atom is 0.253 e. The van der Waals surface area contributed by atoms with Crippen LogP contribution in [-0.4, -0.2) is 32.3 Å². The highest BCUT2D eigenvalue weighted by Gasteiger charge is 2.25. The number of anilines is 1. The van der Waals surface area contributed by atoms with Gasteiger partial charge in [-0.2, -0.15) is 0 Å². The Labute approximate surface area is 207 Å². The number of nitrogens with one attached hydrogen (secondary N) is 2. The third kappa shape index (κ3) is 6.80. The fourth-order valence-corrected chi connectivity index (χ4v) is 4.43. The first kappa shape index (κ1) is 25.7. The number of nitrogens with zero attached hydrogens (tertiary/aromatic N) is 3. The number of rotatable bonds is 10. The molecule has 10 heteroatoms. The number of hydrogen-bond donors (Lipinski definition) is 2. The van der Waals surface area contributed by atoms with Gasteiger partial charge in [0.05, 0.1) is 22.4 Å². The van der Waals surface area contributed by atoms with Crippen LogP contribution in [0.1, 0.15) is 49.4 Å². The van der Waals surface area contributed by atoms with Gasteiger partial charge in [0.25, 0.3) is 5.91 Å². The summed E-state index contributed by atoms with van der Waals surface area (Å²) in [4.78, 5) is 25.3. The number of carbonyl (C=O) groups excluding carboxylic acids is 2. The van der Waals surface area contributed by atoms with E-state index in [2.05, 4.69) is 34.7 Å². The third-order valence-electron chi connectivity index (χ3n) is 4.96. The maximum absolute atomic E-state index is 13.1. The number of thioether (sulfide) groups is 1. The van der Waals surface area contributed by atoms with Gasteiger partial charge in [-0.25, -0.2) is 4.39 Å². The van der Waals surface area contributed by atoms with Crippen molar-refractivity contribution in [3.63, 3.8) is 0 Å². The second-order valence-corrected chi connectivity index (χ2v) is 9.41. The van der Waals surface area contributed by atoms with Gasteiger partial charge in [-0.15, -0.1) is 10.2 Å². The summed E-state index contributed by atoms with van der Waals surface area (Å²) in [5.74, 6) is 0.128. The highest BCUT2D eigenvalue weighted by atomic mass is 35.5. The Balaban J connectivity index is 1.73. The van der Waals surface area contributed by atoms with Crippen molar-refractivity contribution >= 4 is 40.9 Å². The van der Waals surface area contributed by atoms with Gasteiger partial charge in [-0.1, -0.05) is 49.3 Å². The van der Waals surface area contributed by atoms with Crippen molar-refractivity contribution in [3.8, 4) is 0 Å². The Bertz CT molecular complexity index is 1140. The van der Waals surface area contributed by atoms with Crippen LogP contribution in [0.15, 0.2) is 53.7 Å². The SMILES string of the molecule is CCn1c(SCC(=O)Nc2ccc(F)cc2)nnc1[C@H](CC(C)C)NC(=O)c1ccccc1Cl. The van der Waals surface area contributed by atoms with Crippen LogP contribution in [0.5, 0.6) is 0 Å². The minimum absolute atomic E-state index is 0.107. The number of aromatic nitrogens is 3. The van der Waals surface area contributed by atoms with Crippen LogP contribution >= 0.6 is 23.4 Å². The Hall–Kier alpha value is -2.91. The summed E-state index contributed by atoms with van der Waals surface area (Å²) in [5, 5.41) is 15.4. The van der Waals surface area contributed by atoms with E-state index in [-0.39, 0.29) is 35.3 Å². The van der Waals surface area contributed by atoms with E-state index < -0.39 is 0 Å². The van der Waals surface area contributed by atoms with Crippen molar-refractivity contribution < 1.29 is 14.0 Å². The van der Waals surface area contributed by atoms with E-state index in [0.29, 0.717) is 40.2 Å². The Morgan fingerprint density at radius 2 is 1.82 bits per heavy atom. The van der Waals surface area contributed by atoms with Crippen molar-refractivity contribution in [2.45, 2.75) is 44.9 Å². The third-order valence-corrected chi connectivity index (χ3v) is 6.26. The average molecular weight is 504 g/mol. The molecule has 0 saturated heterocycles. The number of benzene rings is 2. The molecule has 0 aliphatic rings. The molecule has 1 heterocycles. The predicted octanol–water partition coefficient (Wildman–Crippen LogP) is 5.34. The van der Waals surface area contributed by atoms with Gasteiger partial charge in [0.15, 0.2) is 11.0 Å². The van der Waals surface area contributed by atoms with Crippen LogP contribution in [0.25, 0.3) is 0 Å². The van der Waals surface area contributed by atoms with Crippen LogP contribution in [0.4, 0.5) is 10.1 Å². The van der Waals surface area contributed by atoms with Crippen LogP contribution in [0, 0.1) is 11.7 Å². The van der Waals surface area contributed by atoms with Crippen LogP contribution in [0.2, 0.25) is 5.02 Å². The lowest BCUT2D eigenvalue weighted by Crippen LogP contribution is -2.31. The molecule has 2 aromatic carbocycles. The fraction of sp³-hybridized carbons (Fsp3) is 0.333. The zero-order valence-electron chi connectivity index (χ0n) is 19.2. The second-order valence-electron chi connectivity index (χ2n) is 8.06. The first-order chi connectivity index (χ1) is 16.3. The summed E-state index contributed by atoms with van der Waals surface area (Å²) in [6.45, 7) is 6.66. The van der Waals surface area contributed by atoms with Crippen LogP contribution < -0.4 is 10.6 Å². The van der Waals surface area contributed by atoms with Gasteiger partial charge in [0.2, 0.25) is 5.91 Å². The molecule has 34 heavy (non-hydrogen) atoms. The van der Waals surface area contributed by atoms with Gasteiger partial charge >= 0.3 is 0 Å². The molecule has 1 aromatic heterocycles. The first-order valence-corrected chi connectivity index (χ1v) is 12.3. The fourth-order valence-electron chi connectivity index (χ4n) is 3.40. The number of amides is 2. The van der Waals surface area contributed by atoms with E-state index in [1.807, 2.05) is 11.5 Å². The second kappa shape index (κ2) is 12.0. The standard InChI is InChI=1S/C24H27ClFN5O2S/c1-4-31-22(20(13-15(2)3)28-23(33)18-7-5-6-8-19(18)25)29-30-24(31)34-14-21(32)27-17-11-9-16(26)10-12-17/h5-12,15,20H,4,13-14H2,1-3H3,(H,27,32)(H,28,33)/t20-/m0/s1. The van der Waals surface area contributed by atoms with Gasteiger partial charge < -0.3 is 15.2 Å². The Morgan fingerprint density at radius 3 is 2.47 bits per heavy atom. The molecule has 180 valence electrons. The van der Waals surface area contributed by atoms with Crippen molar-refractivity contribution in [1.29, 1.82) is 0 Å². The quantitative estimate of drug-likeness (QED) is 0.365. The summed E-state index contributed by atoms with van der Waals surface area (Å²) in [5.41, 5.74) is 0.913. The van der Waals surface area contributed by atoms with Gasteiger partial charge in [0, 0.05) is 12.2 Å². The van der Waals surface area contributed by atoms with Gasteiger partial charge in [0.1, 0.15) is 5.82 Å². The molecule has 2 N–H and O–H groups in total. The lowest BCUT2D eigenvalue weighted by atomic mass is 10.0. The minimum Gasteiger partial charge on any atom is -0.342 e. The molecule has 0 unspecified atom stereocenters. The Kier molecular flexibility index (Phi) is 9.06. The molecule has 0 saturated carbocycles. The van der Waals surface area contributed by atoms with E-state index in [0.717, 1.165) is 0 Å². The molecule has 0 radical (unpaired) electrons. The van der Waals surface area contributed by atoms with Crippen molar-refractivity contribution in [1.82, 2.24) is 20.1 Å². The molecule has 3 aromatic rings. The van der Waals surface area contributed by atoms with E-state index in [1.54, 1.807) is 24.3 Å². The molecular formula is C24H27ClFN5O2S. The molecule has 0 bridgehead atoms. The van der Waals surface area contributed by atoms with Gasteiger partial charge in [-0.05, 0) is 55.7 Å². The van der Waals surface area contributed by atoms with Gasteiger partial charge in [-0.3, -0.25) is 9.59 Å². The van der Waals surface area contributed by atoms with E-state index in [9.17, 15) is 14.0 Å². The maximum atomic E-state index is 13.1. The van der Waals surface area contributed by atoms with Crippen LogP contribution in [-0.2, 0) is 11.3 Å². The molecule has 7 nitrogen and oxygen atoms in total. The van der Waals surface area contributed by atoms with E-state index >= 15 is 0 Å². The predicted molar refractivity (Wildman–Crippen MR) is 133 cm³/mol. The molecule has 0 aliphatic heterocycles. The molecular weight excluding hydrogens is 477 g/mol. The largest absolute Gasteiger partial charge is 0.342 e. The highest BCUT2D eigenvalue weighted by molar-refractivity contribution is 7.99. The monoisotopic (exact) mass is 503 g/mol. The Morgan fingerprint density at radius 1 is 1.12 bits per heavy atom.